The van der Waals surface area contributed by atoms with Crippen LogP contribution in [0.4, 0.5) is 20.2 Å². The largest absolute Gasteiger partial charge is 0.366 e. The van der Waals surface area contributed by atoms with E-state index in [0.717, 1.165) is 11.1 Å². The number of aromatic nitrogens is 4. The third-order valence-corrected chi connectivity index (χ3v) is 6.11. The maximum atomic E-state index is 14.4. The Morgan fingerprint density at radius 3 is 2.79 bits per heavy atom. The number of hydrogen-bond acceptors (Lipinski definition) is 5. The summed E-state index contributed by atoms with van der Waals surface area (Å²) >= 11 is 0. The van der Waals surface area contributed by atoms with E-state index in [-0.39, 0.29) is 18.2 Å². The lowest BCUT2D eigenvalue weighted by molar-refractivity contribution is 0.102. The Morgan fingerprint density at radius 1 is 1.24 bits per heavy atom. The summed E-state index contributed by atoms with van der Waals surface area (Å²) in [5, 5.41) is 11.1. The minimum Gasteiger partial charge on any atom is -0.366 e. The Hall–Kier alpha value is -3.53. The zero-order chi connectivity index (χ0) is 23.3. The average molecular weight is 453 g/mol. The molecule has 172 valence electrons. The highest BCUT2D eigenvalue weighted by Gasteiger charge is 2.33. The van der Waals surface area contributed by atoms with Crippen molar-refractivity contribution in [2.45, 2.75) is 32.6 Å². The standard InChI is InChI=1S/C23H25F2N7O/c1-4-32-10-16-20(30-11-18(25)19(12-30)26-3)6-5-15(21(16)29-32)23(33)28-14-7-17(24)22-27-13(2)8-31(22)9-14/h5-10,18-19,26H,4,11-12H2,1-3H3,(H,28,33). The maximum Gasteiger partial charge on any atom is 0.257 e. The van der Waals surface area contributed by atoms with Crippen LogP contribution >= 0.6 is 0 Å². The van der Waals surface area contributed by atoms with Crippen molar-refractivity contribution < 1.29 is 13.6 Å². The number of amides is 1. The predicted molar refractivity (Wildman–Crippen MR) is 123 cm³/mol. The summed E-state index contributed by atoms with van der Waals surface area (Å²) in [6, 6.07) is 4.52. The number of rotatable bonds is 5. The number of benzene rings is 1. The molecule has 1 fully saturated rings. The van der Waals surface area contributed by atoms with Gasteiger partial charge in [-0.25, -0.2) is 13.8 Å². The van der Waals surface area contributed by atoms with Crippen molar-refractivity contribution in [2.24, 2.45) is 0 Å². The van der Waals surface area contributed by atoms with Gasteiger partial charge in [0.2, 0.25) is 0 Å². The fourth-order valence-corrected chi connectivity index (χ4v) is 4.44. The number of hydrogen-bond donors (Lipinski definition) is 2. The van der Waals surface area contributed by atoms with Crippen LogP contribution in [0.5, 0.6) is 0 Å². The first-order valence-electron chi connectivity index (χ1n) is 10.9. The number of nitrogens with one attached hydrogen (secondary N) is 2. The molecule has 1 aliphatic heterocycles. The molecule has 8 nitrogen and oxygen atoms in total. The predicted octanol–water partition coefficient (Wildman–Crippen LogP) is 3.15. The van der Waals surface area contributed by atoms with Crippen molar-refractivity contribution in [1.82, 2.24) is 24.5 Å². The summed E-state index contributed by atoms with van der Waals surface area (Å²) in [5.41, 5.74) is 2.92. The normalized spacial score (nSPS) is 18.5. The molecule has 2 atom stereocenters. The summed E-state index contributed by atoms with van der Waals surface area (Å²) in [4.78, 5) is 19.3. The maximum absolute atomic E-state index is 14.4. The molecule has 0 bridgehead atoms. The third kappa shape index (κ3) is 3.70. The van der Waals surface area contributed by atoms with Crippen molar-refractivity contribution in [1.29, 1.82) is 0 Å². The molecule has 1 aliphatic rings. The minimum absolute atomic E-state index is 0.204. The third-order valence-electron chi connectivity index (χ3n) is 6.11. The average Bonchev–Trinajstić information content (AvgIpc) is 3.48. The molecule has 10 heteroatoms. The van der Waals surface area contributed by atoms with Gasteiger partial charge in [-0.3, -0.25) is 9.48 Å². The number of fused-ring (bicyclic) bond motifs is 2. The van der Waals surface area contributed by atoms with Crippen LogP contribution in [0.1, 0.15) is 23.0 Å². The topological polar surface area (TPSA) is 79.5 Å². The van der Waals surface area contributed by atoms with Crippen molar-refractivity contribution in [2.75, 3.05) is 30.4 Å². The number of alkyl halides is 1. The molecule has 3 aromatic heterocycles. The van der Waals surface area contributed by atoms with Crippen LogP contribution in [-0.2, 0) is 6.54 Å². The number of carbonyl (C=O) groups excluding carboxylic acids is 1. The van der Waals surface area contributed by atoms with Crippen molar-refractivity contribution >= 4 is 33.8 Å². The number of imidazole rings is 1. The number of anilines is 2. The van der Waals surface area contributed by atoms with E-state index in [9.17, 15) is 13.6 Å². The Balaban J connectivity index is 1.51. The van der Waals surface area contributed by atoms with E-state index in [1.807, 2.05) is 24.1 Å². The smallest absolute Gasteiger partial charge is 0.257 e. The quantitative estimate of drug-likeness (QED) is 0.485. The van der Waals surface area contributed by atoms with Gasteiger partial charge in [0.05, 0.1) is 29.5 Å². The van der Waals surface area contributed by atoms with E-state index in [1.54, 1.807) is 41.5 Å². The van der Waals surface area contributed by atoms with E-state index in [4.69, 9.17) is 0 Å². The van der Waals surface area contributed by atoms with E-state index in [2.05, 4.69) is 20.7 Å². The second kappa shape index (κ2) is 8.11. The Labute approximate surface area is 189 Å². The molecule has 2 N–H and O–H groups in total. The SMILES string of the molecule is CCn1cc2c(N3CC(F)C(NC)C3)ccc(C(=O)Nc3cc(F)c4nc(C)cn4c3)c2n1. The van der Waals surface area contributed by atoms with Gasteiger partial charge in [-0.1, -0.05) is 0 Å². The monoisotopic (exact) mass is 453 g/mol. The van der Waals surface area contributed by atoms with Crippen LogP contribution in [0.2, 0.25) is 0 Å². The number of likely N-dealkylation sites (N-methyl/N-ethyl adjacent to an activating group) is 1. The lowest BCUT2D eigenvalue weighted by Crippen LogP contribution is -2.34. The second-order valence-corrected chi connectivity index (χ2v) is 8.34. The molecule has 4 heterocycles. The number of aryl methyl sites for hydroxylation is 2. The van der Waals surface area contributed by atoms with Crippen LogP contribution in [0.25, 0.3) is 16.6 Å². The molecule has 0 aliphatic carbocycles. The summed E-state index contributed by atoms with van der Waals surface area (Å²) in [6.45, 7) is 5.16. The molecule has 0 saturated carbocycles. The highest BCUT2D eigenvalue weighted by molar-refractivity contribution is 6.13. The van der Waals surface area contributed by atoms with Gasteiger partial charge >= 0.3 is 0 Å². The van der Waals surface area contributed by atoms with Gasteiger partial charge in [0.15, 0.2) is 11.5 Å². The molecule has 1 amide bonds. The molecule has 0 radical (unpaired) electrons. The Bertz CT molecular complexity index is 1360. The molecule has 33 heavy (non-hydrogen) atoms. The zero-order valence-electron chi connectivity index (χ0n) is 18.6. The van der Waals surface area contributed by atoms with E-state index >= 15 is 0 Å². The van der Waals surface area contributed by atoms with Gasteiger partial charge in [-0.2, -0.15) is 5.10 Å². The molecule has 0 spiro atoms. The van der Waals surface area contributed by atoms with E-state index in [0.29, 0.717) is 35.6 Å². The number of nitrogens with zero attached hydrogens (tertiary/aromatic N) is 5. The van der Waals surface area contributed by atoms with E-state index in [1.165, 1.54) is 6.07 Å². The van der Waals surface area contributed by atoms with Gasteiger partial charge < -0.3 is 19.9 Å². The molecule has 1 aromatic carbocycles. The van der Waals surface area contributed by atoms with Gasteiger partial charge in [0, 0.05) is 48.8 Å². The lowest BCUT2D eigenvalue weighted by atomic mass is 10.1. The number of pyridine rings is 1. The van der Waals surface area contributed by atoms with Gasteiger partial charge in [-0.15, -0.1) is 0 Å². The highest BCUT2D eigenvalue weighted by Crippen LogP contribution is 2.32. The second-order valence-electron chi connectivity index (χ2n) is 8.34. The van der Waals surface area contributed by atoms with Gasteiger partial charge in [0.1, 0.15) is 11.7 Å². The van der Waals surface area contributed by atoms with Gasteiger partial charge in [-0.05, 0) is 33.0 Å². The number of carbonyl (C=O) groups is 1. The minimum atomic E-state index is -0.981. The molecule has 1 saturated heterocycles. The summed E-state index contributed by atoms with van der Waals surface area (Å²) < 4.78 is 32.1. The molecule has 4 aromatic rings. The van der Waals surface area contributed by atoms with Gasteiger partial charge in [0.25, 0.3) is 5.91 Å². The Kier molecular flexibility index (Phi) is 5.24. The van der Waals surface area contributed by atoms with Crippen LogP contribution in [0.15, 0.2) is 36.8 Å². The number of halogens is 2. The fraction of sp³-hybridized carbons (Fsp3) is 0.348. The molecule has 2 unspecified atom stereocenters. The van der Waals surface area contributed by atoms with Crippen LogP contribution < -0.4 is 15.5 Å². The van der Waals surface area contributed by atoms with Crippen molar-refractivity contribution in [3.8, 4) is 0 Å². The summed E-state index contributed by atoms with van der Waals surface area (Å²) in [6.07, 6.45) is 4.21. The first-order chi connectivity index (χ1) is 15.9. The molecule has 5 rings (SSSR count). The molecular weight excluding hydrogens is 428 g/mol. The first kappa shape index (κ1) is 21.3. The first-order valence-corrected chi connectivity index (χ1v) is 10.9. The fourth-order valence-electron chi connectivity index (χ4n) is 4.44. The zero-order valence-corrected chi connectivity index (χ0v) is 18.6. The van der Waals surface area contributed by atoms with E-state index < -0.39 is 17.9 Å². The van der Waals surface area contributed by atoms with Crippen LogP contribution in [-0.4, -0.2) is 57.4 Å². The van der Waals surface area contributed by atoms with Crippen LogP contribution in [0, 0.1) is 12.7 Å². The highest BCUT2D eigenvalue weighted by atomic mass is 19.1. The molecular formula is C23H25F2N7O. The van der Waals surface area contributed by atoms with Crippen LogP contribution in [0.3, 0.4) is 0 Å². The summed E-state index contributed by atoms with van der Waals surface area (Å²) in [7, 11) is 1.75. The lowest BCUT2D eigenvalue weighted by Gasteiger charge is -2.19. The van der Waals surface area contributed by atoms with Crippen molar-refractivity contribution in [3.05, 3.63) is 53.9 Å². The summed E-state index contributed by atoms with van der Waals surface area (Å²) in [5.74, 6) is -0.924. The Morgan fingerprint density at radius 2 is 2.06 bits per heavy atom. The van der Waals surface area contributed by atoms with Crippen molar-refractivity contribution in [3.63, 3.8) is 0 Å².